The second-order valence-corrected chi connectivity index (χ2v) is 6.25. The molecule has 0 bridgehead atoms. The summed E-state index contributed by atoms with van der Waals surface area (Å²) in [7, 11) is 1.95. The number of nitrogens with zero attached hydrogens (tertiary/aromatic N) is 3. The molecule has 0 spiro atoms. The maximum atomic E-state index is 12.4. The standard InChI is InChI=1S/C22H20N4O/c1-16(26(2)21-12-11-17(14-23)15-24-21)19-9-6-10-20(13-19)25-22(27)18-7-4-3-5-8-18/h3-13,15-16H,1-2H3,(H,25,27)/t16-/m0/s1. The normalized spacial score (nSPS) is 11.3. The number of hydrogen-bond acceptors (Lipinski definition) is 4. The van der Waals surface area contributed by atoms with Gasteiger partial charge in [0.25, 0.3) is 5.91 Å². The Kier molecular flexibility index (Phi) is 5.48. The summed E-state index contributed by atoms with van der Waals surface area (Å²) in [5.41, 5.74) is 2.95. The molecule has 0 saturated heterocycles. The van der Waals surface area contributed by atoms with Crippen LogP contribution in [-0.2, 0) is 0 Å². The van der Waals surface area contributed by atoms with Crippen molar-refractivity contribution in [3.8, 4) is 6.07 Å². The minimum atomic E-state index is -0.137. The van der Waals surface area contributed by atoms with Gasteiger partial charge in [0.1, 0.15) is 11.9 Å². The Balaban J connectivity index is 1.75. The van der Waals surface area contributed by atoms with Gasteiger partial charge in [-0.2, -0.15) is 5.26 Å². The molecular weight excluding hydrogens is 336 g/mol. The predicted molar refractivity (Wildman–Crippen MR) is 107 cm³/mol. The molecule has 134 valence electrons. The van der Waals surface area contributed by atoms with Gasteiger partial charge in [-0.3, -0.25) is 4.79 Å². The number of pyridine rings is 1. The van der Waals surface area contributed by atoms with Gasteiger partial charge in [-0.05, 0) is 48.9 Å². The number of benzene rings is 2. The van der Waals surface area contributed by atoms with Crippen molar-refractivity contribution in [3.63, 3.8) is 0 Å². The van der Waals surface area contributed by atoms with Gasteiger partial charge in [0, 0.05) is 24.5 Å². The molecule has 0 fully saturated rings. The van der Waals surface area contributed by atoms with E-state index in [1.165, 1.54) is 0 Å². The number of carbonyl (C=O) groups excluding carboxylic acids is 1. The maximum absolute atomic E-state index is 12.4. The highest BCUT2D eigenvalue weighted by molar-refractivity contribution is 6.04. The average Bonchev–Trinajstić information content (AvgIpc) is 2.73. The van der Waals surface area contributed by atoms with Crippen molar-refractivity contribution in [2.24, 2.45) is 0 Å². The molecule has 1 heterocycles. The Labute approximate surface area is 158 Å². The van der Waals surface area contributed by atoms with Gasteiger partial charge in [0.2, 0.25) is 0 Å². The molecule has 5 heteroatoms. The van der Waals surface area contributed by atoms with Gasteiger partial charge in [-0.1, -0.05) is 30.3 Å². The Bertz CT molecular complexity index is 962. The molecule has 5 nitrogen and oxygen atoms in total. The zero-order valence-corrected chi connectivity index (χ0v) is 15.3. The molecular formula is C22H20N4O. The third-order valence-corrected chi connectivity index (χ3v) is 4.48. The molecule has 1 aromatic heterocycles. The average molecular weight is 356 g/mol. The first kappa shape index (κ1) is 18.2. The molecule has 0 aliphatic rings. The molecule has 0 saturated carbocycles. The zero-order chi connectivity index (χ0) is 19.2. The summed E-state index contributed by atoms with van der Waals surface area (Å²) in [5.74, 6) is 0.641. The highest BCUT2D eigenvalue weighted by Crippen LogP contribution is 2.26. The number of aromatic nitrogens is 1. The van der Waals surface area contributed by atoms with E-state index in [0.717, 1.165) is 17.1 Å². The van der Waals surface area contributed by atoms with Crippen LogP contribution in [0.15, 0.2) is 72.9 Å². The van der Waals surface area contributed by atoms with Crippen LogP contribution in [0.5, 0.6) is 0 Å². The van der Waals surface area contributed by atoms with E-state index in [1.54, 1.807) is 24.4 Å². The first-order valence-electron chi connectivity index (χ1n) is 8.64. The molecule has 0 aliphatic carbocycles. The lowest BCUT2D eigenvalue weighted by atomic mass is 10.1. The number of anilines is 2. The molecule has 3 rings (SSSR count). The van der Waals surface area contributed by atoms with Crippen LogP contribution in [0.3, 0.4) is 0 Å². The van der Waals surface area contributed by atoms with Crippen LogP contribution in [0.1, 0.15) is 34.5 Å². The third-order valence-electron chi connectivity index (χ3n) is 4.48. The summed E-state index contributed by atoms with van der Waals surface area (Å²) < 4.78 is 0. The molecule has 2 aromatic carbocycles. The topological polar surface area (TPSA) is 69.0 Å². The largest absolute Gasteiger partial charge is 0.353 e. The van der Waals surface area contributed by atoms with Crippen LogP contribution >= 0.6 is 0 Å². The number of amides is 1. The number of nitrogens with one attached hydrogen (secondary N) is 1. The number of rotatable bonds is 5. The van der Waals surface area contributed by atoms with E-state index < -0.39 is 0 Å². The van der Waals surface area contributed by atoms with E-state index in [-0.39, 0.29) is 11.9 Å². The van der Waals surface area contributed by atoms with Crippen molar-refractivity contribution < 1.29 is 4.79 Å². The second kappa shape index (κ2) is 8.15. The van der Waals surface area contributed by atoms with E-state index in [2.05, 4.69) is 23.3 Å². The van der Waals surface area contributed by atoms with Crippen LogP contribution in [0.25, 0.3) is 0 Å². The number of nitriles is 1. The fourth-order valence-corrected chi connectivity index (χ4v) is 2.75. The van der Waals surface area contributed by atoms with E-state index in [1.807, 2.05) is 60.5 Å². The zero-order valence-electron chi connectivity index (χ0n) is 15.3. The van der Waals surface area contributed by atoms with Gasteiger partial charge in [-0.25, -0.2) is 4.98 Å². The molecule has 0 radical (unpaired) electrons. The summed E-state index contributed by atoms with van der Waals surface area (Å²) in [6, 6.07) is 22.6. The maximum Gasteiger partial charge on any atom is 0.255 e. The lowest BCUT2D eigenvalue weighted by Crippen LogP contribution is -2.22. The molecule has 3 aromatic rings. The molecule has 27 heavy (non-hydrogen) atoms. The molecule has 0 aliphatic heterocycles. The van der Waals surface area contributed by atoms with Crippen molar-refractivity contribution in [1.29, 1.82) is 5.26 Å². The molecule has 0 unspecified atom stereocenters. The molecule has 1 amide bonds. The van der Waals surface area contributed by atoms with Gasteiger partial charge in [0.15, 0.2) is 0 Å². The summed E-state index contributed by atoms with van der Waals surface area (Å²) in [6.07, 6.45) is 1.56. The Hall–Kier alpha value is -3.65. The van der Waals surface area contributed by atoms with Crippen LogP contribution < -0.4 is 10.2 Å². The lowest BCUT2D eigenvalue weighted by Gasteiger charge is -2.26. The first-order valence-corrected chi connectivity index (χ1v) is 8.64. The summed E-state index contributed by atoms with van der Waals surface area (Å²) >= 11 is 0. The summed E-state index contributed by atoms with van der Waals surface area (Å²) in [4.78, 5) is 18.7. The van der Waals surface area contributed by atoms with Gasteiger partial charge >= 0.3 is 0 Å². The van der Waals surface area contributed by atoms with Crippen LogP contribution in [0, 0.1) is 11.3 Å². The summed E-state index contributed by atoms with van der Waals surface area (Å²) in [5, 5.41) is 11.8. The first-order chi connectivity index (χ1) is 13.1. The minimum absolute atomic E-state index is 0.0408. The quantitative estimate of drug-likeness (QED) is 0.735. The predicted octanol–water partition coefficient (Wildman–Crippen LogP) is 4.40. The van der Waals surface area contributed by atoms with Crippen LogP contribution in [-0.4, -0.2) is 17.9 Å². The van der Waals surface area contributed by atoms with E-state index in [0.29, 0.717) is 11.1 Å². The van der Waals surface area contributed by atoms with E-state index >= 15 is 0 Å². The third kappa shape index (κ3) is 4.31. The van der Waals surface area contributed by atoms with Gasteiger partial charge in [0.05, 0.1) is 11.6 Å². The van der Waals surface area contributed by atoms with Crippen molar-refractivity contribution in [3.05, 3.63) is 89.6 Å². The fourth-order valence-electron chi connectivity index (χ4n) is 2.75. The summed E-state index contributed by atoms with van der Waals surface area (Å²) in [6.45, 7) is 2.07. The van der Waals surface area contributed by atoms with Crippen LogP contribution in [0.2, 0.25) is 0 Å². The Morgan fingerprint density at radius 1 is 1.11 bits per heavy atom. The van der Waals surface area contributed by atoms with Crippen molar-refractivity contribution in [1.82, 2.24) is 4.98 Å². The van der Waals surface area contributed by atoms with Crippen molar-refractivity contribution in [2.75, 3.05) is 17.3 Å². The monoisotopic (exact) mass is 356 g/mol. The van der Waals surface area contributed by atoms with Crippen LogP contribution in [0.4, 0.5) is 11.5 Å². The second-order valence-electron chi connectivity index (χ2n) is 6.25. The van der Waals surface area contributed by atoms with E-state index in [9.17, 15) is 4.79 Å². The van der Waals surface area contributed by atoms with Gasteiger partial charge < -0.3 is 10.2 Å². The molecule has 1 atom stereocenters. The van der Waals surface area contributed by atoms with Gasteiger partial charge in [-0.15, -0.1) is 0 Å². The number of hydrogen-bond donors (Lipinski definition) is 1. The van der Waals surface area contributed by atoms with Crippen molar-refractivity contribution in [2.45, 2.75) is 13.0 Å². The Morgan fingerprint density at radius 2 is 1.89 bits per heavy atom. The Morgan fingerprint density at radius 3 is 2.56 bits per heavy atom. The van der Waals surface area contributed by atoms with E-state index in [4.69, 9.17) is 5.26 Å². The highest BCUT2D eigenvalue weighted by atomic mass is 16.1. The van der Waals surface area contributed by atoms with Crippen molar-refractivity contribution >= 4 is 17.4 Å². The smallest absolute Gasteiger partial charge is 0.255 e. The SMILES string of the molecule is C[C@@H](c1cccc(NC(=O)c2ccccc2)c1)N(C)c1ccc(C#N)cn1. The highest BCUT2D eigenvalue weighted by Gasteiger charge is 2.14. The number of carbonyl (C=O) groups is 1. The fraction of sp³-hybridized carbons (Fsp3) is 0.136. The lowest BCUT2D eigenvalue weighted by molar-refractivity contribution is 0.102. The molecule has 1 N–H and O–H groups in total. The minimum Gasteiger partial charge on any atom is -0.353 e.